The highest BCUT2D eigenvalue weighted by atomic mass is 32.2. The van der Waals surface area contributed by atoms with Gasteiger partial charge in [0.2, 0.25) is 0 Å². The number of nitrogens with zero attached hydrogens (tertiary/aromatic N) is 2. The van der Waals surface area contributed by atoms with Gasteiger partial charge in [0.25, 0.3) is 0 Å². The van der Waals surface area contributed by atoms with Gasteiger partial charge in [0.1, 0.15) is 0 Å². The molecule has 0 aromatic carbocycles. The van der Waals surface area contributed by atoms with Crippen LogP contribution in [0, 0.1) is 0 Å². The molecule has 0 fully saturated rings. The van der Waals surface area contributed by atoms with E-state index < -0.39 is 10.8 Å². The normalized spacial score (nSPS) is 18.0. The molecule has 5 heteroatoms. The summed E-state index contributed by atoms with van der Waals surface area (Å²) in [6.07, 6.45) is 13.4. The summed E-state index contributed by atoms with van der Waals surface area (Å²) in [7, 11) is -1.21. The third-order valence-corrected chi connectivity index (χ3v) is 4.03. The number of allylic oxidation sites excluding steroid dienone is 6. The highest BCUT2D eigenvalue weighted by molar-refractivity contribution is 7.84. The fourth-order valence-corrected chi connectivity index (χ4v) is 2.72. The van der Waals surface area contributed by atoms with Crippen LogP contribution in [0.15, 0.2) is 41.1 Å². The van der Waals surface area contributed by atoms with Crippen LogP contribution >= 0.6 is 0 Å². The van der Waals surface area contributed by atoms with E-state index in [1.807, 2.05) is 25.2 Å². The van der Waals surface area contributed by atoms with Gasteiger partial charge in [0.05, 0.1) is 23.6 Å². The Morgan fingerprint density at radius 2 is 2.19 bits per heavy atom. The third-order valence-electron chi connectivity index (χ3n) is 3.19. The van der Waals surface area contributed by atoms with Crippen LogP contribution in [-0.4, -0.2) is 27.0 Å². The standard InChI is InChI=1S/C16H20N2O2S/c1-4-20-14-11-17-15(18-16(14)21(3)19)13-10-8-6-5-7-9-12(13)2/h5-6,8,10-11H,4,7,9H2,1-3H3/b6-5+,10-8?,13-12?. The number of aromatic nitrogens is 2. The second-order valence-corrected chi connectivity index (χ2v) is 6.07. The Morgan fingerprint density at radius 1 is 1.38 bits per heavy atom. The predicted molar refractivity (Wildman–Crippen MR) is 85.6 cm³/mol. The zero-order chi connectivity index (χ0) is 15.2. The van der Waals surface area contributed by atoms with Crippen LogP contribution in [0.5, 0.6) is 5.75 Å². The summed E-state index contributed by atoms with van der Waals surface area (Å²) in [5, 5.41) is 0.452. The molecule has 21 heavy (non-hydrogen) atoms. The molecule has 1 aromatic rings. The Labute approximate surface area is 128 Å². The largest absolute Gasteiger partial charge is 0.489 e. The van der Waals surface area contributed by atoms with E-state index in [0.717, 1.165) is 18.4 Å². The zero-order valence-electron chi connectivity index (χ0n) is 12.6. The summed E-state index contributed by atoms with van der Waals surface area (Å²) in [5.41, 5.74) is 2.22. The van der Waals surface area contributed by atoms with Gasteiger partial charge in [-0.1, -0.05) is 29.9 Å². The maximum absolute atomic E-state index is 11.9. The van der Waals surface area contributed by atoms with Gasteiger partial charge in [0.15, 0.2) is 16.6 Å². The molecule has 1 heterocycles. The maximum atomic E-state index is 11.9. The monoisotopic (exact) mass is 304 g/mol. The predicted octanol–water partition coefficient (Wildman–Crippen LogP) is 3.29. The van der Waals surface area contributed by atoms with E-state index in [2.05, 4.69) is 23.0 Å². The topological polar surface area (TPSA) is 52.1 Å². The lowest BCUT2D eigenvalue weighted by atomic mass is 10.0. The molecule has 1 aromatic heterocycles. The molecule has 2 rings (SSSR count). The molecule has 0 saturated carbocycles. The Bertz CT molecular complexity index is 633. The van der Waals surface area contributed by atoms with Crippen molar-refractivity contribution in [1.29, 1.82) is 0 Å². The molecule has 1 atom stereocenters. The SMILES string of the molecule is CCOc1cnc(C2=C(C)CC/C=C/C=C2)nc1S(C)=O. The molecular formula is C16H20N2O2S. The van der Waals surface area contributed by atoms with Gasteiger partial charge in [-0.15, -0.1) is 0 Å². The van der Waals surface area contributed by atoms with Crippen molar-refractivity contribution in [3.8, 4) is 5.75 Å². The first-order valence-electron chi connectivity index (χ1n) is 7.00. The van der Waals surface area contributed by atoms with E-state index in [1.54, 1.807) is 12.5 Å². The minimum absolute atomic E-state index is 0.452. The molecule has 0 spiro atoms. The summed E-state index contributed by atoms with van der Waals surface area (Å²) >= 11 is 0. The molecule has 0 saturated heterocycles. The Balaban J connectivity index is 2.48. The summed E-state index contributed by atoms with van der Waals surface area (Å²) < 4.78 is 17.3. The van der Waals surface area contributed by atoms with Gasteiger partial charge in [-0.05, 0) is 26.7 Å². The Kier molecular flexibility index (Phi) is 5.44. The lowest BCUT2D eigenvalue weighted by Crippen LogP contribution is -2.05. The summed E-state index contributed by atoms with van der Waals surface area (Å²) in [6, 6.07) is 0. The quantitative estimate of drug-likeness (QED) is 0.801. The second-order valence-electron chi connectivity index (χ2n) is 4.77. The molecule has 1 aliphatic rings. The van der Waals surface area contributed by atoms with Crippen molar-refractivity contribution < 1.29 is 8.95 Å². The molecule has 0 bridgehead atoms. The Morgan fingerprint density at radius 3 is 2.90 bits per heavy atom. The van der Waals surface area contributed by atoms with Crippen LogP contribution in [0.2, 0.25) is 0 Å². The molecule has 1 aliphatic carbocycles. The molecule has 0 N–H and O–H groups in total. The van der Waals surface area contributed by atoms with Crippen LogP contribution in [-0.2, 0) is 10.8 Å². The molecule has 0 radical (unpaired) electrons. The van der Waals surface area contributed by atoms with Crippen LogP contribution in [0.3, 0.4) is 0 Å². The molecule has 1 unspecified atom stereocenters. The highest BCUT2D eigenvalue weighted by Crippen LogP contribution is 2.25. The van der Waals surface area contributed by atoms with Gasteiger partial charge in [-0.3, -0.25) is 4.21 Å². The average Bonchev–Trinajstić information content (AvgIpc) is 2.44. The lowest BCUT2D eigenvalue weighted by Gasteiger charge is -2.12. The first-order chi connectivity index (χ1) is 10.1. The van der Waals surface area contributed by atoms with Crippen LogP contribution in [0.1, 0.15) is 32.5 Å². The fourth-order valence-electron chi connectivity index (χ4n) is 2.11. The number of ether oxygens (including phenoxy) is 1. The second kappa shape index (κ2) is 7.31. The number of hydrogen-bond donors (Lipinski definition) is 0. The van der Waals surface area contributed by atoms with Gasteiger partial charge < -0.3 is 4.74 Å². The van der Waals surface area contributed by atoms with Gasteiger partial charge in [-0.2, -0.15) is 0 Å². The van der Waals surface area contributed by atoms with E-state index in [-0.39, 0.29) is 0 Å². The maximum Gasteiger partial charge on any atom is 0.172 e. The third kappa shape index (κ3) is 3.88. The van der Waals surface area contributed by atoms with Crippen LogP contribution < -0.4 is 4.74 Å². The van der Waals surface area contributed by atoms with Crippen molar-refractivity contribution in [3.05, 3.63) is 41.9 Å². The van der Waals surface area contributed by atoms with Crippen molar-refractivity contribution in [1.82, 2.24) is 9.97 Å². The first-order valence-corrected chi connectivity index (χ1v) is 8.56. The number of hydrogen-bond acceptors (Lipinski definition) is 4. The van der Waals surface area contributed by atoms with Crippen molar-refractivity contribution in [2.45, 2.75) is 31.7 Å². The number of rotatable bonds is 4. The summed E-state index contributed by atoms with van der Waals surface area (Å²) in [6.45, 7) is 4.47. The van der Waals surface area contributed by atoms with Crippen molar-refractivity contribution in [2.75, 3.05) is 12.9 Å². The average molecular weight is 304 g/mol. The van der Waals surface area contributed by atoms with Crippen molar-refractivity contribution >= 4 is 16.4 Å². The smallest absolute Gasteiger partial charge is 0.172 e. The van der Waals surface area contributed by atoms with Crippen LogP contribution in [0.4, 0.5) is 0 Å². The molecule has 0 aliphatic heterocycles. The van der Waals surface area contributed by atoms with E-state index in [0.29, 0.717) is 23.2 Å². The lowest BCUT2D eigenvalue weighted by molar-refractivity contribution is 0.327. The van der Waals surface area contributed by atoms with E-state index in [9.17, 15) is 4.21 Å². The fraction of sp³-hybridized carbons (Fsp3) is 0.375. The molecule has 112 valence electrons. The minimum Gasteiger partial charge on any atom is -0.489 e. The van der Waals surface area contributed by atoms with Gasteiger partial charge in [0, 0.05) is 11.8 Å². The first kappa shape index (κ1) is 15.6. The zero-order valence-corrected chi connectivity index (χ0v) is 13.4. The van der Waals surface area contributed by atoms with Crippen molar-refractivity contribution in [2.24, 2.45) is 0 Å². The summed E-state index contributed by atoms with van der Waals surface area (Å²) in [5.74, 6) is 1.10. The van der Waals surface area contributed by atoms with Crippen LogP contribution in [0.25, 0.3) is 5.57 Å². The van der Waals surface area contributed by atoms with Gasteiger partial charge in [-0.25, -0.2) is 9.97 Å². The van der Waals surface area contributed by atoms with Gasteiger partial charge >= 0.3 is 0 Å². The molecular weight excluding hydrogens is 284 g/mol. The Hall–Kier alpha value is -1.75. The highest BCUT2D eigenvalue weighted by Gasteiger charge is 2.14. The summed E-state index contributed by atoms with van der Waals surface area (Å²) in [4.78, 5) is 8.85. The molecule has 0 amide bonds. The molecule has 4 nitrogen and oxygen atoms in total. The van der Waals surface area contributed by atoms with E-state index in [1.165, 1.54) is 5.57 Å². The van der Waals surface area contributed by atoms with E-state index >= 15 is 0 Å². The van der Waals surface area contributed by atoms with Crippen molar-refractivity contribution in [3.63, 3.8) is 0 Å². The van der Waals surface area contributed by atoms with E-state index in [4.69, 9.17) is 4.74 Å². The minimum atomic E-state index is -1.21.